The van der Waals surface area contributed by atoms with Crippen molar-refractivity contribution >= 4 is 17.4 Å². The van der Waals surface area contributed by atoms with Gasteiger partial charge in [-0.25, -0.2) is 4.98 Å². The normalized spacial score (nSPS) is 10.2. The Bertz CT molecular complexity index is 667. The smallest absolute Gasteiger partial charge is 0.259 e. The van der Waals surface area contributed by atoms with Crippen LogP contribution in [-0.2, 0) is 0 Å². The number of amides is 1. The number of ether oxygens (including phenoxy) is 1. The second-order valence-corrected chi connectivity index (χ2v) is 4.91. The molecule has 0 spiro atoms. The number of pyridine rings is 1. The highest BCUT2D eigenvalue weighted by atomic mass is 16.5. The van der Waals surface area contributed by atoms with Crippen molar-refractivity contribution in [2.24, 2.45) is 0 Å². The molecule has 2 rings (SSSR count). The number of aromatic nitrogens is 1. The number of phenolic OH excluding ortho intramolecular Hbond substituents is 1. The lowest BCUT2D eigenvalue weighted by Crippen LogP contribution is -2.22. The number of rotatable bonds is 6. The molecule has 0 unspecified atom stereocenters. The van der Waals surface area contributed by atoms with Crippen molar-refractivity contribution in [3.63, 3.8) is 0 Å². The average Bonchev–Trinajstić information content (AvgIpc) is 2.58. The van der Waals surface area contributed by atoms with Gasteiger partial charge in [0.15, 0.2) is 0 Å². The number of aromatic hydroxyl groups is 1. The van der Waals surface area contributed by atoms with Crippen molar-refractivity contribution in [3.8, 4) is 11.5 Å². The number of carbonyl (C=O) groups is 1. The van der Waals surface area contributed by atoms with Gasteiger partial charge in [-0.3, -0.25) is 4.79 Å². The lowest BCUT2D eigenvalue weighted by Gasteiger charge is -2.19. The fraction of sp³-hybridized carbons (Fsp3) is 0.294. The van der Waals surface area contributed by atoms with E-state index in [-0.39, 0.29) is 11.3 Å². The Kier molecular flexibility index (Phi) is 5.41. The van der Waals surface area contributed by atoms with Gasteiger partial charge in [0.1, 0.15) is 17.3 Å². The number of benzene rings is 1. The first kappa shape index (κ1) is 16.6. The number of hydrogen-bond donors (Lipinski definition) is 2. The van der Waals surface area contributed by atoms with Crippen LogP contribution in [0, 0.1) is 0 Å². The highest BCUT2D eigenvalue weighted by Crippen LogP contribution is 2.24. The monoisotopic (exact) mass is 315 g/mol. The summed E-state index contributed by atoms with van der Waals surface area (Å²) in [6, 6.07) is 8.15. The van der Waals surface area contributed by atoms with Crippen molar-refractivity contribution < 1.29 is 14.6 Å². The molecular formula is C17H21N3O3. The third-order valence-corrected chi connectivity index (χ3v) is 3.54. The second-order valence-electron chi connectivity index (χ2n) is 4.91. The van der Waals surface area contributed by atoms with E-state index in [9.17, 15) is 9.90 Å². The predicted molar refractivity (Wildman–Crippen MR) is 90.4 cm³/mol. The summed E-state index contributed by atoms with van der Waals surface area (Å²) in [6.07, 6.45) is 1.60. The Labute approximate surface area is 135 Å². The number of nitrogens with zero attached hydrogens (tertiary/aromatic N) is 2. The van der Waals surface area contributed by atoms with Crippen molar-refractivity contribution in [2.45, 2.75) is 13.8 Å². The molecule has 0 saturated heterocycles. The Hall–Kier alpha value is -2.76. The number of phenols is 1. The summed E-state index contributed by atoms with van der Waals surface area (Å²) in [6.45, 7) is 5.86. The molecule has 0 aliphatic heterocycles. The van der Waals surface area contributed by atoms with Crippen LogP contribution in [0.15, 0.2) is 36.5 Å². The van der Waals surface area contributed by atoms with Crippen molar-refractivity contribution in [3.05, 3.63) is 42.1 Å². The highest BCUT2D eigenvalue weighted by Gasteiger charge is 2.13. The van der Waals surface area contributed by atoms with Crippen LogP contribution in [0.1, 0.15) is 24.2 Å². The maximum absolute atomic E-state index is 12.3. The van der Waals surface area contributed by atoms with Crippen LogP contribution >= 0.6 is 0 Å². The van der Waals surface area contributed by atoms with Crippen LogP contribution in [0.5, 0.6) is 11.5 Å². The van der Waals surface area contributed by atoms with Crippen LogP contribution in [0.4, 0.5) is 11.5 Å². The summed E-state index contributed by atoms with van der Waals surface area (Å²) in [5.41, 5.74) is 0.713. The van der Waals surface area contributed by atoms with E-state index in [1.807, 2.05) is 6.07 Å². The SMILES string of the molecule is CCN(CC)c1ccc(NC(=O)c2cc(OC)ccc2O)cn1. The second kappa shape index (κ2) is 7.49. The van der Waals surface area contributed by atoms with E-state index in [0.29, 0.717) is 11.4 Å². The van der Waals surface area contributed by atoms with Gasteiger partial charge in [0.05, 0.1) is 24.6 Å². The molecule has 0 aliphatic carbocycles. The maximum Gasteiger partial charge on any atom is 0.259 e. The Morgan fingerprint density at radius 2 is 2.00 bits per heavy atom. The van der Waals surface area contributed by atoms with Crippen LogP contribution in [0.2, 0.25) is 0 Å². The quantitative estimate of drug-likeness (QED) is 0.857. The minimum atomic E-state index is -0.418. The predicted octanol–water partition coefficient (Wildman–Crippen LogP) is 2.89. The van der Waals surface area contributed by atoms with Gasteiger partial charge in [-0.15, -0.1) is 0 Å². The summed E-state index contributed by atoms with van der Waals surface area (Å²) >= 11 is 0. The standard InChI is InChI=1S/C17H21N3O3/c1-4-20(5-2)16-9-6-12(11-18-16)19-17(22)14-10-13(23-3)7-8-15(14)21/h6-11,21H,4-5H2,1-3H3,(H,19,22). The number of methoxy groups -OCH3 is 1. The molecule has 1 aromatic carbocycles. The lowest BCUT2D eigenvalue weighted by molar-refractivity contribution is 0.102. The third-order valence-electron chi connectivity index (χ3n) is 3.54. The first-order chi connectivity index (χ1) is 11.1. The molecule has 2 N–H and O–H groups in total. The summed E-state index contributed by atoms with van der Waals surface area (Å²) in [5, 5.41) is 12.5. The zero-order valence-corrected chi connectivity index (χ0v) is 13.5. The Morgan fingerprint density at radius 1 is 1.26 bits per heavy atom. The molecule has 0 fully saturated rings. The lowest BCUT2D eigenvalue weighted by atomic mass is 10.1. The van der Waals surface area contributed by atoms with E-state index >= 15 is 0 Å². The van der Waals surface area contributed by atoms with E-state index in [0.717, 1.165) is 18.9 Å². The molecular weight excluding hydrogens is 294 g/mol. The van der Waals surface area contributed by atoms with Gasteiger partial charge < -0.3 is 20.1 Å². The van der Waals surface area contributed by atoms with Gasteiger partial charge in [-0.1, -0.05) is 0 Å². The third kappa shape index (κ3) is 3.91. The number of nitrogens with one attached hydrogen (secondary N) is 1. The van der Waals surface area contributed by atoms with Crippen molar-refractivity contribution in [2.75, 3.05) is 30.4 Å². The molecule has 6 nitrogen and oxygen atoms in total. The van der Waals surface area contributed by atoms with Crippen molar-refractivity contribution in [1.82, 2.24) is 4.98 Å². The van der Waals surface area contributed by atoms with E-state index < -0.39 is 5.91 Å². The fourth-order valence-corrected chi connectivity index (χ4v) is 2.22. The molecule has 122 valence electrons. The number of hydrogen-bond acceptors (Lipinski definition) is 5. The zero-order valence-electron chi connectivity index (χ0n) is 13.5. The molecule has 6 heteroatoms. The summed E-state index contributed by atoms with van der Waals surface area (Å²) in [7, 11) is 1.50. The maximum atomic E-state index is 12.3. The van der Waals surface area contributed by atoms with Gasteiger partial charge in [-0.2, -0.15) is 0 Å². The largest absolute Gasteiger partial charge is 0.507 e. The minimum Gasteiger partial charge on any atom is -0.507 e. The van der Waals surface area contributed by atoms with Crippen molar-refractivity contribution in [1.29, 1.82) is 0 Å². The molecule has 23 heavy (non-hydrogen) atoms. The first-order valence-corrected chi connectivity index (χ1v) is 7.48. The first-order valence-electron chi connectivity index (χ1n) is 7.48. The highest BCUT2D eigenvalue weighted by molar-refractivity contribution is 6.06. The topological polar surface area (TPSA) is 74.7 Å². The molecule has 2 aromatic rings. The van der Waals surface area contributed by atoms with Crippen LogP contribution in [-0.4, -0.2) is 36.2 Å². The Morgan fingerprint density at radius 3 is 2.57 bits per heavy atom. The van der Waals surface area contributed by atoms with Gasteiger partial charge >= 0.3 is 0 Å². The van der Waals surface area contributed by atoms with Gasteiger partial charge in [0.25, 0.3) is 5.91 Å². The van der Waals surface area contributed by atoms with Crippen LogP contribution < -0.4 is 15.0 Å². The number of carbonyl (C=O) groups excluding carboxylic acids is 1. The summed E-state index contributed by atoms with van der Waals surface area (Å²) in [4.78, 5) is 18.7. The molecule has 0 bridgehead atoms. The zero-order chi connectivity index (χ0) is 16.8. The summed E-state index contributed by atoms with van der Waals surface area (Å²) in [5.74, 6) is 0.843. The Balaban J connectivity index is 2.14. The molecule has 0 saturated carbocycles. The molecule has 1 amide bonds. The molecule has 1 aromatic heterocycles. The minimum absolute atomic E-state index is 0.101. The van der Waals surface area contributed by atoms with Gasteiger partial charge in [0, 0.05) is 13.1 Å². The van der Waals surface area contributed by atoms with Gasteiger partial charge in [0.2, 0.25) is 0 Å². The summed E-state index contributed by atoms with van der Waals surface area (Å²) < 4.78 is 5.07. The van der Waals surface area contributed by atoms with E-state index in [4.69, 9.17) is 4.74 Å². The average molecular weight is 315 g/mol. The molecule has 0 aliphatic rings. The van der Waals surface area contributed by atoms with E-state index in [1.54, 1.807) is 18.3 Å². The van der Waals surface area contributed by atoms with E-state index in [1.165, 1.54) is 19.2 Å². The number of anilines is 2. The molecule has 0 atom stereocenters. The van der Waals surface area contributed by atoms with E-state index in [2.05, 4.69) is 29.0 Å². The van der Waals surface area contributed by atoms with Crippen LogP contribution in [0.3, 0.4) is 0 Å². The van der Waals surface area contributed by atoms with Gasteiger partial charge in [-0.05, 0) is 44.2 Å². The fourth-order valence-electron chi connectivity index (χ4n) is 2.22. The molecule has 0 radical (unpaired) electrons. The molecule has 1 heterocycles. The van der Waals surface area contributed by atoms with Crippen LogP contribution in [0.25, 0.3) is 0 Å².